The number of Topliss-reactive ketones (excluding diaryl/α,β-unsaturated/α-hetero) is 1. The SMILES string of the molecule is O=C1C[C@H]2CCC[C@H](C1)C2F. The maximum Gasteiger partial charge on any atom is 0.133 e. The van der Waals surface area contributed by atoms with E-state index in [9.17, 15) is 9.18 Å². The summed E-state index contributed by atoms with van der Waals surface area (Å²) in [5.74, 6) is 0.443. The average molecular weight is 156 g/mol. The molecule has 0 heterocycles. The minimum Gasteiger partial charge on any atom is -0.300 e. The molecule has 0 aliphatic heterocycles. The molecular weight excluding hydrogens is 143 g/mol. The fraction of sp³-hybridized carbons (Fsp3) is 0.889. The molecule has 0 aromatic heterocycles. The normalized spacial score (nSPS) is 44.1. The van der Waals surface area contributed by atoms with E-state index < -0.39 is 6.17 Å². The van der Waals surface area contributed by atoms with E-state index in [0.717, 1.165) is 19.3 Å². The minimum absolute atomic E-state index is 0.0787. The fourth-order valence-electron chi connectivity index (χ4n) is 2.44. The number of hydrogen-bond donors (Lipinski definition) is 0. The summed E-state index contributed by atoms with van der Waals surface area (Å²) >= 11 is 0. The molecule has 0 N–H and O–H groups in total. The van der Waals surface area contributed by atoms with Gasteiger partial charge >= 0.3 is 0 Å². The van der Waals surface area contributed by atoms with Crippen molar-refractivity contribution in [3.05, 3.63) is 0 Å². The van der Waals surface area contributed by atoms with Crippen molar-refractivity contribution >= 4 is 5.78 Å². The molecule has 0 amide bonds. The Morgan fingerprint density at radius 3 is 2.27 bits per heavy atom. The molecule has 11 heavy (non-hydrogen) atoms. The van der Waals surface area contributed by atoms with Crippen LogP contribution in [0.2, 0.25) is 0 Å². The van der Waals surface area contributed by atoms with Crippen molar-refractivity contribution in [1.82, 2.24) is 0 Å². The van der Waals surface area contributed by atoms with Gasteiger partial charge in [0.2, 0.25) is 0 Å². The summed E-state index contributed by atoms with van der Waals surface area (Å²) in [6.07, 6.45) is 3.35. The molecule has 0 spiro atoms. The summed E-state index contributed by atoms with van der Waals surface area (Å²) in [6.45, 7) is 0. The lowest BCUT2D eigenvalue weighted by Gasteiger charge is -2.36. The summed E-state index contributed by atoms with van der Waals surface area (Å²) in [4.78, 5) is 11.1. The van der Waals surface area contributed by atoms with Crippen LogP contribution < -0.4 is 0 Å². The van der Waals surface area contributed by atoms with E-state index in [1.165, 1.54) is 0 Å². The van der Waals surface area contributed by atoms with Crippen molar-refractivity contribution in [2.45, 2.75) is 38.3 Å². The number of carbonyl (C=O) groups excluding carboxylic acids is 1. The Kier molecular flexibility index (Phi) is 1.70. The lowest BCUT2D eigenvalue weighted by Crippen LogP contribution is -2.37. The zero-order valence-electron chi connectivity index (χ0n) is 6.55. The van der Waals surface area contributed by atoms with Gasteiger partial charge in [-0.15, -0.1) is 0 Å². The number of rotatable bonds is 0. The van der Waals surface area contributed by atoms with Gasteiger partial charge in [-0.3, -0.25) is 4.79 Å². The van der Waals surface area contributed by atoms with Crippen LogP contribution >= 0.6 is 0 Å². The van der Waals surface area contributed by atoms with Crippen molar-refractivity contribution in [3.63, 3.8) is 0 Å². The van der Waals surface area contributed by atoms with Gasteiger partial charge in [-0.2, -0.15) is 0 Å². The summed E-state index contributed by atoms with van der Waals surface area (Å²) in [6, 6.07) is 0. The van der Waals surface area contributed by atoms with Gasteiger partial charge < -0.3 is 0 Å². The Balaban J connectivity index is 2.12. The summed E-state index contributed by atoms with van der Waals surface area (Å²) in [5, 5.41) is 0. The maximum absolute atomic E-state index is 13.3. The van der Waals surface area contributed by atoms with Crippen LogP contribution in [0.25, 0.3) is 0 Å². The summed E-state index contributed by atoms with van der Waals surface area (Å²) in [5.41, 5.74) is 0. The highest BCUT2D eigenvalue weighted by molar-refractivity contribution is 5.80. The van der Waals surface area contributed by atoms with E-state index in [4.69, 9.17) is 0 Å². The van der Waals surface area contributed by atoms with E-state index in [2.05, 4.69) is 0 Å². The third-order valence-corrected chi connectivity index (χ3v) is 3.03. The van der Waals surface area contributed by atoms with Gasteiger partial charge in [-0.1, -0.05) is 6.42 Å². The molecule has 62 valence electrons. The molecule has 2 aliphatic rings. The van der Waals surface area contributed by atoms with Crippen LogP contribution in [-0.2, 0) is 4.79 Å². The number of fused-ring (bicyclic) bond motifs is 2. The molecule has 2 heteroatoms. The molecule has 2 atom stereocenters. The Labute approximate surface area is 66.0 Å². The van der Waals surface area contributed by atoms with Gasteiger partial charge in [0.15, 0.2) is 0 Å². The molecule has 2 aliphatic carbocycles. The smallest absolute Gasteiger partial charge is 0.133 e. The van der Waals surface area contributed by atoms with Crippen LogP contribution in [0.4, 0.5) is 4.39 Å². The molecule has 0 aromatic rings. The molecule has 2 saturated carbocycles. The second-order valence-corrected chi connectivity index (χ2v) is 3.84. The van der Waals surface area contributed by atoms with Crippen LogP contribution in [0.15, 0.2) is 0 Å². The molecule has 0 saturated heterocycles. The molecule has 0 aromatic carbocycles. The second-order valence-electron chi connectivity index (χ2n) is 3.84. The summed E-state index contributed by atoms with van der Waals surface area (Å²) in [7, 11) is 0. The molecule has 2 rings (SSSR count). The first-order valence-electron chi connectivity index (χ1n) is 4.43. The third-order valence-electron chi connectivity index (χ3n) is 3.03. The molecule has 2 fully saturated rings. The molecule has 1 nitrogen and oxygen atoms in total. The van der Waals surface area contributed by atoms with Gasteiger partial charge in [0.05, 0.1) is 0 Å². The topological polar surface area (TPSA) is 17.1 Å². The van der Waals surface area contributed by atoms with E-state index in [1.807, 2.05) is 0 Å². The van der Waals surface area contributed by atoms with E-state index in [0.29, 0.717) is 12.8 Å². The van der Waals surface area contributed by atoms with Gasteiger partial charge in [0.1, 0.15) is 12.0 Å². The van der Waals surface area contributed by atoms with Crippen LogP contribution in [0.1, 0.15) is 32.1 Å². The van der Waals surface area contributed by atoms with E-state index in [1.54, 1.807) is 0 Å². The van der Waals surface area contributed by atoms with Crippen molar-refractivity contribution < 1.29 is 9.18 Å². The minimum atomic E-state index is -0.665. The predicted octanol–water partition coefficient (Wildman–Crippen LogP) is 2.10. The first-order valence-corrected chi connectivity index (χ1v) is 4.43. The van der Waals surface area contributed by atoms with Crippen molar-refractivity contribution in [2.24, 2.45) is 11.8 Å². The number of alkyl halides is 1. The van der Waals surface area contributed by atoms with Crippen molar-refractivity contribution in [2.75, 3.05) is 0 Å². The van der Waals surface area contributed by atoms with Crippen LogP contribution in [0.5, 0.6) is 0 Å². The van der Waals surface area contributed by atoms with Gasteiger partial charge in [0, 0.05) is 12.8 Å². The Morgan fingerprint density at radius 1 is 1.18 bits per heavy atom. The van der Waals surface area contributed by atoms with E-state index >= 15 is 0 Å². The van der Waals surface area contributed by atoms with Crippen molar-refractivity contribution in [3.8, 4) is 0 Å². The summed E-state index contributed by atoms with van der Waals surface area (Å²) < 4.78 is 13.3. The lowest BCUT2D eigenvalue weighted by atomic mass is 9.70. The van der Waals surface area contributed by atoms with Crippen LogP contribution in [0, 0.1) is 11.8 Å². The number of ketones is 1. The fourth-order valence-corrected chi connectivity index (χ4v) is 2.44. The second kappa shape index (κ2) is 2.58. The highest BCUT2D eigenvalue weighted by atomic mass is 19.1. The Bertz CT molecular complexity index is 162. The monoisotopic (exact) mass is 156 g/mol. The van der Waals surface area contributed by atoms with Gasteiger partial charge in [0.25, 0.3) is 0 Å². The number of hydrogen-bond acceptors (Lipinski definition) is 1. The molecule has 0 radical (unpaired) electrons. The zero-order chi connectivity index (χ0) is 7.84. The average Bonchev–Trinajstić information content (AvgIpc) is 1.92. The molecule has 0 unspecified atom stereocenters. The van der Waals surface area contributed by atoms with Crippen LogP contribution in [0.3, 0.4) is 0 Å². The predicted molar refractivity (Wildman–Crippen MR) is 40.0 cm³/mol. The first-order chi connectivity index (χ1) is 5.27. The third kappa shape index (κ3) is 1.19. The maximum atomic E-state index is 13.3. The van der Waals surface area contributed by atoms with Gasteiger partial charge in [-0.25, -0.2) is 4.39 Å². The van der Waals surface area contributed by atoms with Crippen LogP contribution in [-0.4, -0.2) is 12.0 Å². The highest BCUT2D eigenvalue weighted by Gasteiger charge is 2.39. The molecular formula is C9H13FO. The van der Waals surface area contributed by atoms with Gasteiger partial charge in [-0.05, 0) is 24.7 Å². The van der Waals surface area contributed by atoms with Crippen molar-refractivity contribution in [1.29, 1.82) is 0 Å². The Morgan fingerprint density at radius 2 is 1.73 bits per heavy atom. The standard InChI is InChI=1S/C9H13FO/c10-9-6-2-1-3-7(9)5-8(11)4-6/h6-7,9H,1-5H2/t6-,7-/m1/s1. The highest BCUT2D eigenvalue weighted by Crippen LogP contribution is 2.40. The zero-order valence-corrected chi connectivity index (χ0v) is 6.55. The molecule has 2 bridgehead atoms. The number of halogens is 1. The number of carbonyl (C=O) groups is 1. The lowest BCUT2D eigenvalue weighted by molar-refractivity contribution is -0.127. The largest absolute Gasteiger partial charge is 0.300 e. The first kappa shape index (κ1) is 7.26. The Hall–Kier alpha value is -0.400. The van der Waals surface area contributed by atoms with E-state index in [-0.39, 0.29) is 17.6 Å². The quantitative estimate of drug-likeness (QED) is 0.525.